The van der Waals surface area contributed by atoms with Crippen molar-refractivity contribution < 1.29 is 28.5 Å². The van der Waals surface area contributed by atoms with Crippen LogP contribution in [0.5, 0.6) is 17.2 Å². The second-order valence-electron chi connectivity index (χ2n) is 7.84. The summed E-state index contributed by atoms with van der Waals surface area (Å²) in [6, 6.07) is 6.45. The van der Waals surface area contributed by atoms with Crippen molar-refractivity contribution in [2.45, 2.75) is 26.2 Å². The maximum absolute atomic E-state index is 13.0. The number of carbonyl (C=O) groups excluding carboxylic acids is 1. The van der Waals surface area contributed by atoms with E-state index in [0.717, 1.165) is 5.57 Å². The maximum Gasteiger partial charge on any atom is 0.227 e. The van der Waals surface area contributed by atoms with Crippen LogP contribution in [0, 0.1) is 6.92 Å². The average Bonchev–Trinajstić information content (AvgIpc) is 2.79. The van der Waals surface area contributed by atoms with Gasteiger partial charge in [-0.2, -0.15) is 0 Å². The predicted molar refractivity (Wildman–Crippen MR) is 119 cm³/mol. The van der Waals surface area contributed by atoms with Gasteiger partial charge in [-0.25, -0.2) is 0 Å². The third kappa shape index (κ3) is 5.50. The molecule has 1 atom stereocenters. The molecule has 0 saturated carbocycles. The van der Waals surface area contributed by atoms with E-state index in [4.69, 9.17) is 18.6 Å². The number of benzene rings is 1. The van der Waals surface area contributed by atoms with E-state index < -0.39 is 17.1 Å². The third-order valence-corrected chi connectivity index (χ3v) is 5.20. The van der Waals surface area contributed by atoms with Gasteiger partial charge in [-0.1, -0.05) is 12.6 Å². The number of aryl methyl sites for hydroxylation is 1. The summed E-state index contributed by atoms with van der Waals surface area (Å²) in [5.41, 5.74) is 0.952. The van der Waals surface area contributed by atoms with Crippen molar-refractivity contribution in [2.24, 2.45) is 0 Å². The van der Waals surface area contributed by atoms with Crippen LogP contribution in [0.3, 0.4) is 0 Å². The molecule has 1 amide bonds. The molecule has 1 aromatic heterocycles. The van der Waals surface area contributed by atoms with E-state index in [1.807, 2.05) is 6.92 Å². The lowest BCUT2D eigenvalue weighted by molar-refractivity contribution is -0.135. The maximum atomic E-state index is 13.0. The predicted octanol–water partition coefficient (Wildman–Crippen LogP) is 3.00. The Bertz CT molecular complexity index is 1040. The van der Waals surface area contributed by atoms with Crippen molar-refractivity contribution in [3.8, 4) is 17.2 Å². The van der Waals surface area contributed by atoms with Gasteiger partial charge < -0.3 is 28.6 Å². The van der Waals surface area contributed by atoms with Crippen LogP contribution in [0.1, 0.15) is 36.3 Å². The van der Waals surface area contributed by atoms with E-state index in [9.17, 15) is 14.7 Å². The molecule has 1 aliphatic heterocycles. The molecule has 2 heterocycles. The van der Waals surface area contributed by atoms with Crippen LogP contribution in [0.25, 0.3) is 0 Å². The molecule has 1 N–H and O–H groups in total. The Morgan fingerprint density at radius 1 is 1.25 bits per heavy atom. The molecular formula is C24H29NO7. The highest BCUT2D eigenvalue weighted by atomic mass is 16.5. The monoisotopic (exact) mass is 443 g/mol. The van der Waals surface area contributed by atoms with Gasteiger partial charge >= 0.3 is 0 Å². The standard InChI is InChI=1S/C24H29NO7/c1-15(2)14-31-20-6-5-17(12-21(20)29-4)18(13-22(27)25-7-9-30-10-8-25)24-23(28)19(26)11-16(3)32-24/h5-6,11-12,18,28H,1,7-10,13-14H2,2-4H3. The second-order valence-corrected chi connectivity index (χ2v) is 7.84. The van der Waals surface area contributed by atoms with E-state index in [0.29, 0.717) is 55.7 Å². The van der Waals surface area contributed by atoms with Crippen molar-refractivity contribution in [1.29, 1.82) is 0 Å². The molecule has 0 radical (unpaired) electrons. The Labute approximate surface area is 187 Å². The summed E-state index contributed by atoms with van der Waals surface area (Å²) in [6.07, 6.45) is 0.00901. The van der Waals surface area contributed by atoms with Crippen LogP contribution in [0.15, 0.2) is 45.6 Å². The molecule has 0 spiro atoms. The number of carbonyl (C=O) groups is 1. The minimum absolute atomic E-state index is 0.00901. The average molecular weight is 443 g/mol. The van der Waals surface area contributed by atoms with Crippen molar-refractivity contribution >= 4 is 5.91 Å². The first-order valence-electron chi connectivity index (χ1n) is 10.4. The summed E-state index contributed by atoms with van der Waals surface area (Å²) in [6.45, 7) is 9.58. The number of aromatic hydroxyl groups is 1. The quantitative estimate of drug-likeness (QED) is 0.626. The minimum atomic E-state index is -0.693. The zero-order chi connectivity index (χ0) is 23.3. The minimum Gasteiger partial charge on any atom is -0.502 e. The van der Waals surface area contributed by atoms with Crippen molar-refractivity contribution in [1.82, 2.24) is 4.90 Å². The molecule has 3 rings (SSSR count). The number of rotatable bonds is 8. The smallest absolute Gasteiger partial charge is 0.227 e. The van der Waals surface area contributed by atoms with E-state index in [1.165, 1.54) is 13.2 Å². The largest absolute Gasteiger partial charge is 0.502 e. The first-order valence-corrected chi connectivity index (χ1v) is 10.4. The van der Waals surface area contributed by atoms with Crippen LogP contribution < -0.4 is 14.9 Å². The fraction of sp³-hybridized carbons (Fsp3) is 0.417. The molecule has 2 aromatic rings. The SMILES string of the molecule is C=C(C)COc1ccc(C(CC(=O)N2CCOCC2)c2oc(C)cc(=O)c2O)cc1OC. The van der Waals surface area contributed by atoms with Gasteiger partial charge in [-0.3, -0.25) is 9.59 Å². The van der Waals surface area contributed by atoms with Crippen molar-refractivity contribution in [3.63, 3.8) is 0 Å². The molecule has 32 heavy (non-hydrogen) atoms. The molecule has 8 heteroatoms. The second kappa shape index (κ2) is 10.4. The first-order chi connectivity index (χ1) is 15.3. The number of methoxy groups -OCH3 is 1. The van der Waals surface area contributed by atoms with Gasteiger partial charge in [0, 0.05) is 25.6 Å². The molecule has 8 nitrogen and oxygen atoms in total. The van der Waals surface area contributed by atoms with E-state index in [2.05, 4.69) is 6.58 Å². The van der Waals surface area contributed by atoms with Gasteiger partial charge in [0.05, 0.1) is 26.2 Å². The lowest BCUT2D eigenvalue weighted by Gasteiger charge is -2.28. The van der Waals surface area contributed by atoms with Crippen LogP contribution >= 0.6 is 0 Å². The van der Waals surface area contributed by atoms with Crippen molar-refractivity contribution in [3.05, 3.63) is 63.7 Å². The van der Waals surface area contributed by atoms with E-state index >= 15 is 0 Å². The Hall–Kier alpha value is -3.26. The molecule has 1 unspecified atom stereocenters. The van der Waals surface area contributed by atoms with Gasteiger partial charge in [0.25, 0.3) is 0 Å². The molecule has 1 fully saturated rings. The van der Waals surface area contributed by atoms with Crippen LogP contribution in [0.2, 0.25) is 0 Å². The lowest BCUT2D eigenvalue weighted by Crippen LogP contribution is -2.41. The summed E-state index contributed by atoms with van der Waals surface area (Å²) < 4.78 is 22.3. The van der Waals surface area contributed by atoms with Gasteiger partial charge in [0.1, 0.15) is 12.4 Å². The Morgan fingerprint density at radius 3 is 2.62 bits per heavy atom. The Kier molecular flexibility index (Phi) is 7.58. The van der Waals surface area contributed by atoms with Gasteiger partial charge in [0.2, 0.25) is 17.1 Å². The van der Waals surface area contributed by atoms with Crippen LogP contribution in [-0.4, -0.2) is 55.9 Å². The normalized spacial score (nSPS) is 14.7. The summed E-state index contributed by atoms with van der Waals surface area (Å²) >= 11 is 0. The third-order valence-electron chi connectivity index (χ3n) is 5.20. The number of morpholine rings is 1. The van der Waals surface area contributed by atoms with Gasteiger partial charge in [0.15, 0.2) is 17.3 Å². The molecule has 0 aliphatic carbocycles. The van der Waals surface area contributed by atoms with Gasteiger partial charge in [-0.05, 0) is 37.1 Å². The number of amides is 1. The van der Waals surface area contributed by atoms with Crippen LogP contribution in [-0.2, 0) is 9.53 Å². The topological polar surface area (TPSA) is 98.4 Å². The molecule has 1 aliphatic rings. The first kappa shape index (κ1) is 23.4. The fourth-order valence-corrected chi connectivity index (χ4v) is 3.56. The Morgan fingerprint density at radius 2 is 1.97 bits per heavy atom. The molecule has 1 saturated heterocycles. The molecule has 172 valence electrons. The number of hydrogen-bond donors (Lipinski definition) is 1. The number of ether oxygens (including phenoxy) is 3. The molecular weight excluding hydrogens is 414 g/mol. The van der Waals surface area contributed by atoms with E-state index in [-0.39, 0.29) is 18.1 Å². The van der Waals surface area contributed by atoms with Gasteiger partial charge in [-0.15, -0.1) is 0 Å². The summed E-state index contributed by atoms with van der Waals surface area (Å²) in [5.74, 6) is 0.0613. The summed E-state index contributed by atoms with van der Waals surface area (Å²) in [5, 5.41) is 10.5. The number of hydrogen-bond acceptors (Lipinski definition) is 7. The summed E-state index contributed by atoms with van der Waals surface area (Å²) in [4.78, 5) is 27.0. The highest BCUT2D eigenvalue weighted by molar-refractivity contribution is 5.78. The zero-order valence-electron chi connectivity index (χ0n) is 18.7. The number of nitrogens with zero attached hydrogens (tertiary/aromatic N) is 1. The van der Waals surface area contributed by atoms with Crippen molar-refractivity contribution in [2.75, 3.05) is 40.0 Å². The molecule has 0 bridgehead atoms. The fourth-order valence-electron chi connectivity index (χ4n) is 3.56. The van der Waals surface area contributed by atoms with Crippen LogP contribution in [0.4, 0.5) is 0 Å². The highest BCUT2D eigenvalue weighted by Crippen LogP contribution is 2.38. The van der Waals surface area contributed by atoms with E-state index in [1.54, 1.807) is 30.0 Å². The lowest BCUT2D eigenvalue weighted by atomic mass is 9.91. The summed E-state index contributed by atoms with van der Waals surface area (Å²) in [7, 11) is 1.52. The zero-order valence-corrected chi connectivity index (χ0v) is 18.7. The Balaban J connectivity index is 2.01. The highest BCUT2D eigenvalue weighted by Gasteiger charge is 2.29. The molecule has 1 aromatic carbocycles.